The first-order valence-electron chi connectivity index (χ1n) is 7.48. The number of aldehydes is 1. The van der Waals surface area contributed by atoms with E-state index in [9.17, 15) is 14.4 Å². The largest absolute Gasteiger partial charge is 0.428 e. The molecule has 0 unspecified atom stereocenters. The first-order valence-corrected chi connectivity index (χ1v) is 8.30. The maximum absolute atomic E-state index is 12.5. The first kappa shape index (κ1) is 17.2. The SMILES string of the molecule is CCN(C1=COC(=O)C(CC)(CC)C(=O)O1)c1ccc(C=O)s1. The Balaban J connectivity index is 2.34. The van der Waals surface area contributed by atoms with Crippen molar-refractivity contribution in [1.82, 2.24) is 0 Å². The van der Waals surface area contributed by atoms with Crippen molar-refractivity contribution in [3.63, 3.8) is 0 Å². The van der Waals surface area contributed by atoms with Gasteiger partial charge in [-0.1, -0.05) is 13.8 Å². The highest BCUT2D eigenvalue weighted by molar-refractivity contribution is 7.17. The van der Waals surface area contributed by atoms with Crippen molar-refractivity contribution in [3.8, 4) is 0 Å². The molecule has 0 aliphatic carbocycles. The van der Waals surface area contributed by atoms with Crippen molar-refractivity contribution in [2.24, 2.45) is 5.41 Å². The van der Waals surface area contributed by atoms with E-state index in [2.05, 4.69) is 0 Å². The number of hydrogen-bond donors (Lipinski definition) is 0. The zero-order valence-electron chi connectivity index (χ0n) is 13.3. The normalized spacial score (nSPS) is 16.9. The second kappa shape index (κ2) is 6.95. The van der Waals surface area contributed by atoms with Gasteiger partial charge in [-0.25, -0.2) is 0 Å². The first-order chi connectivity index (χ1) is 11.0. The molecule has 0 aromatic carbocycles. The Kier molecular flexibility index (Phi) is 5.20. The number of anilines is 1. The average molecular weight is 337 g/mol. The Morgan fingerprint density at radius 1 is 1.17 bits per heavy atom. The van der Waals surface area contributed by atoms with Gasteiger partial charge in [0.2, 0.25) is 5.88 Å². The summed E-state index contributed by atoms with van der Waals surface area (Å²) < 4.78 is 10.6. The fraction of sp³-hybridized carbons (Fsp3) is 0.438. The summed E-state index contributed by atoms with van der Waals surface area (Å²) in [5.74, 6) is -1.06. The number of ether oxygens (including phenoxy) is 2. The summed E-state index contributed by atoms with van der Waals surface area (Å²) in [6.07, 6.45) is 2.54. The van der Waals surface area contributed by atoms with Crippen LogP contribution in [0.3, 0.4) is 0 Å². The summed E-state index contributed by atoms with van der Waals surface area (Å²) in [6, 6.07) is 3.44. The van der Waals surface area contributed by atoms with Gasteiger partial charge >= 0.3 is 11.9 Å². The van der Waals surface area contributed by atoms with E-state index in [4.69, 9.17) is 9.47 Å². The molecule has 124 valence electrons. The van der Waals surface area contributed by atoms with E-state index >= 15 is 0 Å². The molecule has 2 rings (SSSR count). The third kappa shape index (κ3) is 3.01. The fourth-order valence-electron chi connectivity index (χ4n) is 2.43. The minimum atomic E-state index is -1.28. The predicted octanol–water partition coefficient (Wildman–Crippen LogP) is 3.09. The van der Waals surface area contributed by atoms with E-state index in [0.717, 1.165) is 17.5 Å². The van der Waals surface area contributed by atoms with Gasteiger partial charge in [0.1, 0.15) is 0 Å². The molecule has 1 aromatic heterocycles. The van der Waals surface area contributed by atoms with Crippen LogP contribution >= 0.6 is 11.3 Å². The molecule has 6 nitrogen and oxygen atoms in total. The van der Waals surface area contributed by atoms with Crippen LogP contribution in [0, 0.1) is 5.41 Å². The number of cyclic esters (lactones) is 2. The zero-order chi connectivity index (χ0) is 17.0. The third-order valence-electron chi connectivity index (χ3n) is 4.03. The maximum Gasteiger partial charge on any atom is 0.330 e. The lowest BCUT2D eigenvalue weighted by Crippen LogP contribution is -2.39. The van der Waals surface area contributed by atoms with Crippen LogP contribution in [0.5, 0.6) is 0 Å². The number of carbonyl (C=O) groups is 3. The molecule has 1 aliphatic heterocycles. The Bertz CT molecular complexity index is 645. The van der Waals surface area contributed by atoms with Gasteiger partial charge in [0, 0.05) is 6.54 Å². The van der Waals surface area contributed by atoms with Crippen LogP contribution in [0.15, 0.2) is 24.3 Å². The number of thiophene rings is 1. The zero-order valence-corrected chi connectivity index (χ0v) is 14.1. The number of carbonyl (C=O) groups excluding carboxylic acids is 3. The van der Waals surface area contributed by atoms with Gasteiger partial charge < -0.3 is 14.4 Å². The third-order valence-corrected chi connectivity index (χ3v) is 5.06. The van der Waals surface area contributed by atoms with Crippen LogP contribution in [-0.4, -0.2) is 24.8 Å². The highest BCUT2D eigenvalue weighted by Crippen LogP contribution is 2.35. The van der Waals surface area contributed by atoms with E-state index in [1.54, 1.807) is 30.9 Å². The molecule has 0 radical (unpaired) electrons. The molecule has 0 spiro atoms. The van der Waals surface area contributed by atoms with Crippen LogP contribution in [-0.2, 0) is 19.1 Å². The Hall–Kier alpha value is -2.15. The molecule has 1 aliphatic rings. The van der Waals surface area contributed by atoms with Crippen LogP contribution in [0.2, 0.25) is 0 Å². The van der Waals surface area contributed by atoms with Crippen LogP contribution in [0.25, 0.3) is 0 Å². The molecule has 7 heteroatoms. The van der Waals surface area contributed by atoms with Crippen molar-refractivity contribution in [2.45, 2.75) is 33.6 Å². The smallest absolute Gasteiger partial charge is 0.330 e. The van der Waals surface area contributed by atoms with Crippen molar-refractivity contribution in [3.05, 3.63) is 29.2 Å². The highest BCUT2D eigenvalue weighted by Gasteiger charge is 2.48. The quantitative estimate of drug-likeness (QED) is 0.451. The molecular formula is C16H19NO5S. The second-order valence-corrected chi connectivity index (χ2v) is 6.17. The van der Waals surface area contributed by atoms with E-state index in [-0.39, 0.29) is 5.88 Å². The molecule has 1 aromatic rings. The minimum Gasteiger partial charge on any atom is -0.428 e. The number of nitrogens with zero attached hydrogens (tertiary/aromatic N) is 1. The molecule has 2 heterocycles. The van der Waals surface area contributed by atoms with E-state index in [1.807, 2.05) is 6.92 Å². The molecule has 0 amide bonds. The summed E-state index contributed by atoms with van der Waals surface area (Å²) in [5, 5.41) is 0.727. The summed E-state index contributed by atoms with van der Waals surface area (Å²) >= 11 is 1.26. The lowest BCUT2D eigenvalue weighted by atomic mass is 9.82. The minimum absolute atomic E-state index is 0.147. The Morgan fingerprint density at radius 3 is 2.39 bits per heavy atom. The lowest BCUT2D eigenvalue weighted by molar-refractivity contribution is -0.164. The molecule has 0 fully saturated rings. The topological polar surface area (TPSA) is 72.9 Å². The maximum atomic E-state index is 12.5. The monoisotopic (exact) mass is 337 g/mol. The highest BCUT2D eigenvalue weighted by atomic mass is 32.1. The Morgan fingerprint density at radius 2 is 1.87 bits per heavy atom. The second-order valence-electron chi connectivity index (χ2n) is 5.08. The van der Waals surface area contributed by atoms with Gasteiger partial charge in [-0.05, 0) is 31.9 Å². The summed E-state index contributed by atoms with van der Waals surface area (Å²) in [5.41, 5.74) is -1.28. The van der Waals surface area contributed by atoms with Gasteiger partial charge in [-0.2, -0.15) is 0 Å². The molecular weight excluding hydrogens is 318 g/mol. The van der Waals surface area contributed by atoms with Crippen molar-refractivity contribution >= 4 is 34.6 Å². The average Bonchev–Trinajstić information content (AvgIpc) is 2.98. The molecule has 0 N–H and O–H groups in total. The number of rotatable bonds is 6. The molecule has 0 atom stereocenters. The van der Waals surface area contributed by atoms with Gasteiger partial charge in [0.05, 0.1) is 9.88 Å². The van der Waals surface area contributed by atoms with Crippen molar-refractivity contribution < 1.29 is 23.9 Å². The van der Waals surface area contributed by atoms with Crippen LogP contribution in [0.4, 0.5) is 5.00 Å². The van der Waals surface area contributed by atoms with Gasteiger partial charge in [0.15, 0.2) is 18.0 Å². The molecule has 0 bridgehead atoms. The number of hydrogen-bond acceptors (Lipinski definition) is 7. The lowest BCUT2D eigenvalue weighted by Gasteiger charge is -2.25. The Labute approximate surface area is 138 Å². The standard InChI is InChI=1S/C16H19NO5S/c1-4-16(5-2)14(19)21-10-12(22-15(16)20)17(6-3)13-8-7-11(9-18)23-13/h7-10H,4-6H2,1-3H3. The van der Waals surface area contributed by atoms with E-state index in [1.165, 1.54) is 11.3 Å². The van der Waals surface area contributed by atoms with Crippen molar-refractivity contribution in [1.29, 1.82) is 0 Å². The van der Waals surface area contributed by atoms with E-state index < -0.39 is 17.4 Å². The number of esters is 2. The molecule has 0 saturated carbocycles. The fourth-order valence-corrected chi connectivity index (χ4v) is 3.32. The molecule has 23 heavy (non-hydrogen) atoms. The van der Waals surface area contributed by atoms with Gasteiger partial charge in [-0.3, -0.25) is 14.4 Å². The summed E-state index contributed by atoms with van der Waals surface area (Å²) in [4.78, 5) is 37.8. The summed E-state index contributed by atoms with van der Waals surface area (Å²) in [6.45, 7) is 5.86. The van der Waals surface area contributed by atoms with Crippen molar-refractivity contribution in [2.75, 3.05) is 11.4 Å². The van der Waals surface area contributed by atoms with Gasteiger partial charge in [-0.15, -0.1) is 11.3 Å². The van der Waals surface area contributed by atoms with E-state index in [0.29, 0.717) is 24.3 Å². The molecule has 0 saturated heterocycles. The predicted molar refractivity (Wildman–Crippen MR) is 86.0 cm³/mol. The summed E-state index contributed by atoms with van der Waals surface area (Å²) in [7, 11) is 0. The van der Waals surface area contributed by atoms with Crippen LogP contribution < -0.4 is 4.90 Å². The van der Waals surface area contributed by atoms with Gasteiger partial charge in [0.25, 0.3) is 0 Å². The van der Waals surface area contributed by atoms with Crippen LogP contribution in [0.1, 0.15) is 43.3 Å².